The lowest BCUT2D eigenvalue weighted by Gasteiger charge is -2.32. The van der Waals surface area contributed by atoms with Crippen molar-refractivity contribution in [3.8, 4) is 5.69 Å². The molecule has 2 heterocycles. The fourth-order valence-electron chi connectivity index (χ4n) is 2.87. The average molecular weight is 356 g/mol. The Balaban J connectivity index is 2.00. The molecule has 26 heavy (non-hydrogen) atoms. The van der Waals surface area contributed by atoms with Crippen LogP contribution in [0.25, 0.3) is 5.69 Å². The van der Waals surface area contributed by atoms with Crippen molar-refractivity contribution < 1.29 is 18.8 Å². The molecular weight excluding hydrogens is 331 g/mol. The molecule has 0 radical (unpaired) electrons. The first-order chi connectivity index (χ1) is 12.2. The van der Waals surface area contributed by atoms with E-state index >= 15 is 0 Å². The van der Waals surface area contributed by atoms with Gasteiger partial charge in [-0.1, -0.05) is 18.2 Å². The predicted octanol–water partition coefficient (Wildman–Crippen LogP) is 2.66. The summed E-state index contributed by atoms with van der Waals surface area (Å²) in [5.74, 6) is -0.428. The van der Waals surface area contributed by atoms with Crippen LogP contribution in [0.3, 0.4) is 0 Å². The van der Waals surface area contributed by atoms with Gasteiger partial charge in [-0.2, -0.15) is 5.10 Å². The smallest absolute Gasteiger partial charge is 0.461 e. The van der Waals surface area contributed by atoms with E-state index in [0.717, 1.165) is 16.8 Å². The minimum Gasteiger partial charge on any atom is -0.461 e. The number of benzene rings is 1. The van der Waals surface area contributed by atoms with Gasteiger partial charge >= 0.3 is 13.1 Å². The van der Waals surface area contributed by atoms with Crippen molar-refractivity contribution in [3.63, 3.8) is 0 Å². The van der Waals surface area contributed by atoms with E-state index in [1.54, 1.807) is 17.7 Å². The highest BCUT2D eigenvalue weighted by atomic mass is 16.7. The van der Waals surface area contributed by atoms with Crippen molar-refractivity contribution in [2.75, 3.05) is 6.61 Å². The Morgan fingerprint density at radius 3 is 2.42 bits per heavy atom. The van der Waals surface area contributed by atoms with E-state index in [-0.39, 0.29) is 5.69 Å². The van der Waals surface area contributed by atoms with Gasteiger partial charge in [0.1, 0.15) is 0 Å². The van der Waals surface area contributed by atoms with Crippen LogP contribution in [0, 0.1) is 6.92 Å². The summed E-state index contributed by atoms with van der Waals surface area (Å²) in [4.78, 5) is 12.0. The fraction of sp³-hybridized carbons (Fsp3) is 0.474. The normalized spacial score (nSPS) is 18.2. The first kappa shape index (κ1) is 18.7. The predicted molar refractivity (Wildman–Crippen MR) is 100.0 cm³/mol. The van der Waals surface area contributed by atoms with Crippen LogP contribution in [0.1, 0.15) is 50.8 Å². The average Bonchev–Trinajstić information content (AvgIpc) is 3.05. The minimum atomic E-state index is -0.508. The maximum Gasteiger partial charge on any atom is 0.497 e. The van der Waals surface area contributed by atoms with Gasteiger partial charge < -0.3 is 14.0 Å². The van der Waals surface area contributed by atoms with Crippen LogP contribution in [0.4, 0.5) is 0 Å². The van der Waals surface area contributed by atoms with Crippen molar-refractivity contribution in [2.45, 2.75) is 52.7 Å². The van der Waals surface area contributed by atoms with Gasteiger partial charge in [0.15, 0.2) is 5.69 Å². The van der Waals surface area contributed by atoms with Gasteiger partial charge in [0.05, 0.1) is 23.5 Å². The highest BCUT2D eigenvalue weighted by Crippen LogP contribution is 2.36. The summed E-state index contributed by atoms with van der Waals surface area (Å²) in [6, 6.07) is 9.49. The number of carbonyl (C=O) groups is 1. The topological polar surface area (TPSA) is 62.6 Å². The number of aryl methyl sites for hydroxylation is 1. The van der Waals surface area contributed by atoms with Gasteiger partial charge in [-0.05, 0) is 53.7 Å². The molecule has 0 aliphatic carbocycles. The number of hydrogen-bond donors (Lipinski definition) is 0. The zero-order valence-electron chi connectivity index (χ0n) is 16.2. The molecule has 0 spiro atoms. The maximum absolute atomic E-state index is 12.0. The zero-order chi connectivity index (χ0) is 19.1. The number of carbonyl (C=O) groups excluding carboxylic acids is 1. The zero-order valence-corrected chi connectivity index (χ0v) is 16.2. The van der Waals surface area contributed by atoms with Crippen LogP contribution >= 0.6 is 0 Å². The number of hydrogen-bond acceptors (Lipinski definition) is 5. The quantitative estimate of drug-likeness (QED) is 0.623. The molecule has 3 rings (SSSR count). The van der Waals surface area contributed by atoms with Crippen molar-refractivity contribution in [2.24, 2.45) is 0 Å². The second kappa shape index (κ2) is 6.56. The Labute approximate surface area is 154 Å². The molecule has 1 aliphatic rings. The molecule has 0 saturated carbocycles. The Morgan fingerprint density at radius 1 is 1.19 bits per heavy atom. The highest BCUT2D eigenvalue weighted by molar-refractivity contribution is 6.63. The Kier molecular flexibility index (Phi) is 4.71. The summed E-state index contributed by atoms with van der Waals surface area (Å²) in [5, 5.41) is 4.43. The van der Waals surface area contributed by atoms with Crippen LogP contribution in [0.2, 0.25) is 0 Å². The molecule has 6 nitrogen and oxygen atoms in total. The van der Waals surface area contributed by atoms with E-state index in [4.69, 9.17) is 14.0 Å². The van der Waals surface area contributed by atoms with E-state index in [9.17, 15) is 4.79 Å². The summed E-state index contributed by atoms with van der Waals surface area (Å²) >= 11 is 0. The molecule has 1 aliphatic heterocycles. The number of nitrogens with zero attached hydrogens (tertiary/aromatic N) is 2. The molecule has 0 atom stereocenters. The maximum atomic E-state index is 12.0. The fourth-order valence-corrected chi connectivity index (χ4v) is 2.87. The molecule has 1 aromatic carbocycles. The van der Waals surface area contributed by atoms with Crippen molar-refractivity contribution in [3.05, 3.63) is 41.7 Å². The molecule has 0 amide bonds. The van der Waals surface area contributed by atoms with Gasteiger partial charge in [0.25, 0.3) is 0 Å². The molecule has 1 saturated heterocycles. The second-order valence-corrected chi connectivity index (χ2v) is 7.45. The third-order valence-electron chi connectivity index (χ3n) is 5.04. The molecule has 1 fully saturated rings. The number of ether oxygens (including phenoxy) is 1. The molecular formula is C19H25BN2O4. The van der Waals surface area contributed by atoms with Gasteiger partial charge in [0.2, 0.25) is 0 Å². The molecule has 2 aromatic rings. The van der Waals surface area contributed by atoms with Gasteiger partial charge in [-0.25, -0.2) is 9.48 Å². The van der Waals surface area contributed by atoms with Crippen LogP contribution in [0.15, 0.2) is 30.3 Å². The van der Waals surface area contributed by atoms with Gasteiger partial charge in [-0.15, -0.1) is 0 Å². The van der Waals surface area contributed by atoms with E-state index in [1.807, 2.05) is 58.9 Å². The minimum absolute atomic E-state index is 0.285. The molecule has 1 aromatic heterocycles. The lowest BCUT2D eigenvalue weighted by atomic mass is 9.78. The van der Waals surface area contributed by atoms with E-state index < -0.39 is 24.3 Å². The lowest BCUT2D eigenvalue weighted by Crippen LogP contribution is -2.41. The summed E-state index contributed by atoms with van der Waals surface area (Å²) in [6.45, 7) is 12.1. The van der Waals surface area contributed by atoms with Crippen molar-refractivity contribution in [1.82, 2.24) is 9.78 Å². The van der Waals surface area contributed by atoms with Crippen molar-refractivity contribution in [1.29, 1.82) is 0 Å². The third-order valence-corrected chi connectivity index (χ3v) is 5.04. The van der Waals surface area contributed by atoms with Crippen LogP contribution < -0.4 is 5.46 Å². The highest BCUT2D eigenvalue weighted by Gasteiger charge is 2.52. The number of rotatable bonds is 4. The summed E-state index contributed by atoms with van der Waals surface area (Å²) in [6.07, 6.45) is 0. The molecule has 7 heteroatoms. The first-order valence-electron chi connectivity index (χ1n) is 8.85. The molecule has 0 N–H and O–H groups in total. The second-order valence-electron chi connectivity index (χ2n) is 7.45. The Morgan fingerprint density at radius 2 is 1.81 bits per heavy atom. The number of para-hydroxylation sites is 1. The summed E-state index contributed by atoms with van der Waals surface area (Å²) < 4.78 is 19.2. The monoisotopic (exact) mass is 356 g/mol. The van der Waals surface area contributed by atoms with E-state index in [0.29, 0.717) is 6.61 Å². The lowest BCUT2D eigenvalue weighted by molar-refractivity contribution is 0.00578. The number of aromatic nitrogens is 2. The third kappa shape index (κ3) is 3.17. The van der Waals surface area contributed by atoms with Crippen LogP contribution in [-0.4, -0.2) is 40.7 Å². The van der Waals surface area contributed by atoms with E-state index in [1.165, 1.54) is 0 Å². The molecule has 138 valence electrons. The molecule has 0 bridgehead atoms. The van der Waals surface area contributed by atoms with Gasteiger partial charge in [-0.3, -0.25) is 0 Å². The van der Waals surface area contributed by atoms with Crippen LogP contribution in [0.5, 0.6) is 0 Å². The summed E-state index contributed by atoms with van der Waals surface area (Å²) in [5.41, 5.74) is 1.94. The molecule has 0 unspecified atom stereocenters. The first-order valence-corrected chi connectivity index (χ1v) is 8.85. The van der Waals surface area contributed by atoms with E-state index in [2.05, 4.69) is 5.10 Å². The largest absolute Gasteiger partial charge is 0.497 e. The SMILES string of the molecule is CCOC(=O)c1cc(C)n(-c2ccccc2B2OC(C)(C)C(C)(C)O2)n1. The standard InChI is InChI=1S/C19H25BN2O4/c1-7-24-17(23)15-12-13(2)22(21-15)16-11-9-8-10-14(16)20-25-18(3,4)19(5,6)26-20/h8-12H,7H2,1-6H3. The Hall–Kier alpha value is -2.12. The Bertz CT molecular complexity index is 813. The van der Waals surface area contributed by atoms with Gasteiger partial charge in [0, 0.05) is 11.2 Å². The number of esters is 1. The van der Waals surface area contributed by atoms with Crippen LogP contribution in [-0.2, 0) is 14.0 Å². The summed E-state index contributed by atoms with van der Waals surface area (Å²) in [7, 11) is -0.508. The van der Waals surface area contributed by atoms with Crippen molar-refractivity contribution >= 4 is 18.6 Å².